The van der Waals surface area contributed by atoms with Crippen LogP contribution in [-0.2, 0) is 14.4 Å². The number of nitrogens with zero attached hydrogens (tertiary/aromatic N) is 1. The zero-order chi connectivity index (χ0) is 19.3. The Morgan fingerprint density at radius 3 is 2.62 bits per heavy atom. The Kier molecular flexibility index (Phi) is 6.11. The molecule has 1 saturated heterocycles. The van der Waals surface area contributed by atoms with E-state index in [0.29, 0.717) is 24.2 Å². The van der Waals surface area contributed by atoms with Crippen LogP contribution < -0.4 is 16.0 Å². The molecule has 0 aliphatic carbocycles. The average molecular weight is 358 g/mol. The number of amides is 2. The summed E-state index contributed by atoms with van der Waals surface area (Å²) in [7, 11) is 0. The Bertz CT molecular complexity index is 729. The number of amidine groups is 1. The third-order valence-corrected chi connectivity index (χ3v) is 4.27. The van der Waals surface area contributed by atoms with Crippen molar-refractivity contribution in [3.63, 3.8) is 0 Å². The first-order valence-electron chi connectivity index (χ1n) is 8.22. The van der Waals surface area contributed by atoms with E-state index >= 15 is 0 Å². The van der Waals surface area contributed by atoms with E-state index in [1.54, 1.807) is 29.2 Å². The number of rotatable bonds is 8. The Morgan fingerprint density at radius 2 is 2.08 bits per heavy atom. The van der Waals surface area contributed by atoms with Gasteiger partial charge < -0.3 is 21.1 Å². The van der Waals surface area contributed by atoms with Crippen molar-refractivity contribution >= 4 is 29.3 Å². The number of nitrogens with one attached hydrogen (secondary N) is 2. The highest BCUT2D eigenvalue weighted by molar-refractivity contribution is 6.00. The zero-order valence-electron chi connectivity index (χ0n) is 14.3. The lowest BCUT2D eigenvalue weighted by Gasteiger charge is -2.18. The highest BCUT2D eigenvalue weighted by atomic mass is 16.4. The van der Waals surface area contributed by atoms with Crippen LogP contribution in [-0.4, -0.2) is 41.3 Å². The van der Waals surface area contributed by atoms with E-state index < -0.39 is 23.8 Å². The van der Waals surface area contributed by atoms with Crippen LogP contribution in [0.5, 0.6) is 0 Å². The van der Waals surface area contributed by atoms with Gasteiger partial charge in [-0.15, -0.1) is 6.58 Å². The number of carboxylic acids is 1. The van der Waals surface area contributed by atoms with Gasteiger partial charge in [0.05, 0.1) is 0 Å². The predicted octanol–water partition coefficient (Wildman–Crippen LogP) is 0.859. The molecule has 0 bridgehead atoms. The number of carboxylic acid groups (broad SMARTS) is 1. The van der Waals surface area contributed by atoms with Crippen molar-refractivity contribution in [1.29, 1.82) is 5.41 Å². The van der Waals surface area contributed by atoms with Crippen LogP contribution in [0.4, 0.5) is 5.69 Å². The molecule has 8 nitrogen and oxygen atoms in total. The van der Waals surface area contributed by atoms with Gasteiger partial charge in [0, 0.05) is 30.1 Å². The molecule has 2 amide bonds. The molecular formula is C18H22N4O4. The summed E-state index contributed by atoms with van der Waals surface area (Å²) in [5, 5.41) is 18.9. The van der Waals surface area contributed by atoms with E-state index in [0.717, 1.165) is 0 Å². The molecule has 1 aliphatic heterocycles. The number of anilines is 1. The van der Waals surface area contributed by atoms with Crippen molar-refractivity contribution in [2.24, 2.45) is 11.7 Å². The standard InChI is InChI=1S/C18H22N4O4/c1-2-3-14(18(25)26)21-15(23)10-12-8-9-22(17(12)24)13-6-4-11(5-7-13)16(19)20/h2,4-7,12,14H,1,3,8-10H2,(H3,19,20)(H,21,23)(H,25,26)/t12-,14?/m0/s1. The Balaban J connectivity index is 1.97. The van der Waals surface area contributed by atoms with Crippen molar-refractivity contribution in [3.8, 4) is 0 Å². The Hall–Kier alpha value is -3.16. The third kappa shape index (κ3) is 4.47. The number of hydrogen-bond acceptors (Lipinski definition) is 4. The summed E-state index contributed by atoms with van der Waals surface area (Å²) in [6.07, 6.45) is 2.00. The lowest BCUT2D eigenvalue weighted by molar-refractivity contribution is -0.141. The number of nitrogen functional groups attached to an aromatic ring is 1. The number of aliphatic carboxylic acids is 1. The number of nitrogens with two attached hydrogens (primary N) is 1. The van der Waals surface area contributed by atoms with Crippen molar-refractivity contribution in [2.45, 2.75) is 25.3 Å². The molecule has 0 aromatic heterocycles. The largest absolute Gasteiger partial charge is 0.480 e. The van der Waals surface area contributed by atoms with Crippen molar-refractivity contribution in [2.75, 3.05) is 11.4 Å². The molecule has 1 aromatic rings. The van der Waals surface area contributed by atoms with Crippen LogP contribution in [0.2, 0.25) is 0 Å². The van der Waals surface area contributed by atoms with Crippen LogP contribution in [0.15, 0.2) is 36.9 Å². The molecule has 0 saturated carbocycles. The first kappa shape index (κ1) is 19.2. The first-order valence-corrected chi connectivity index (χ1v) is 8.22. The molecule has 1 heterocycles. The van der Waals surface area contributed by atoms with E-state index in [1.165, 1.54) is 6.08 Å². The van der Waals surface area contributed by atoms with Crippen LogP contribution in [0, 0.1) is 11.3 Å². The summed E-state index contributed by atoms with van der Waals surface area (Å²) >= 11 is 0. The highest BCUT2D eigenvalue weighted by Gasteiger charge is 2.34. The van der Waals surface area contributed by atoms with E-state index in [2.05, 4.69) is 11.9 Å². The smallest absolute Gasteiger partial charge is 0.326 e. The Labute approximate surface area is 151 Å². The van der Waals surface area contributed by atoms with Gasteiger partial charge in [0.2, 0.25) is 11.8 Å². The second kappa shape index (κ2) is 8.28. The van der Waals surface area contributed by atoms with Gasteiger partial charge >= 0.3 is 5.97 Å². The second-order valence-electron chi connectivity index (χ2n) is 6.12. The molecule has 8 heteroatoms. The molecule has 5 N–H and O–H groups in total. The molecule has 0 radical (unpaired) electrons. The van der Waals surface area contributed by atoms with Gasteiger partial charge in [-0.2, -0.15) is 0 Å². The molecule has 1 unspecified atom stereocenters. The van der Waals surface area contributed by atoms with Crippen molar-refractivity contribution in [3.05, 3.63) is 42.5 Å². The van der Waals surface area contributed by atoms with E-state index in [4.69, 9.17) is 16.2 Å². The van der Waals surface area contributed by atoms with Gasteiger partial charge in [-0.25, -0.2) is 4.79 Å². The van der Waals surface area contributed by atoms with E-state index in [1.807, 2.05) is 0 Å². The first-order chi connectivity index (χ1) is 12.3. The van der Waals surface area contributed by atoms with Gasteiger partial charge in [0.1, 0.15) is 11.9 Å². The summed E-state index contributed by atoms with van der Waals surface area (Å²) in [5.41, 5.74) is 6.66. The minimum absolute atomic E-state index is 0.0497. The lowest BCUT2D eigenvalue weighted by atomic mass is 10.0. The molecule has 2 rings (SSSR count). The van der Waals surface area contributed by atoms with Crippen molar-refractivity contribution in [1.82, 2.24) is 5.32 Å². The maximum absolute atomic E-state index is 12.6. The van der Waals surface area contributed by atoms with Crippen LogP contribution in [0.25, 0.3) is 0 Å². The molecule has 26 heavy (non-hydrogen) atoms. The number of carbonyl (C=O) groups is 3. The van der Waals surface area contributed by atoms with Gasteiger partial charge in [-0.3, -0.25) is 15.0 Å². The molecular weight excluding hydrogens is 336 g/mol. The summed E-state index contributed by atoms with van der Waals surface area (Å²) in [5.74, 6) is -2.31. The maximum atomic E-state index is 12.6. The number of benzene rings is 1. The number of carbonyl (C=O) groups excluding carboxylic acids is 2. The maximum Gasteiger partial charge on any atom is 0.326 e. The van der Waals surface area contributed by atoms with Crippen LogP contribution >= 0.6 is 0 Å². The lowest BCUT2D eigenvalue weighted by Crippen LogP contribution is -2.41. The summed E-state index contributed by atoms with van der Waals surface area (Å²) in [6, 6.07) is 5.71. The average Bonchev–Trinajstić information content (AvgIpc) is 2.95. The number of hydrogen-bond donors (Lipinski definition) is 4. The monoisotopic (exact) mass is 358 g/mol. The summed E-state index contributed by atoms with van der Waals surface area (Å²) in [6.45, 7) is 3.95. The van der Waals surface area contributed by atoms with Gasteiger partial charge in [-0.1, -0.05) is 6.08 Å². The normalized spacial score (nSPS) is 17.6. The van der Waals surface area contributed by atoms with Crippen molar-refractivity contribution < 1.29 is 19.5 Å². The van der Waals surface area contributed by atoms with Gasteiger partial charge in [-0.05, 0) is 37.1 Å². The quantitative estimate of drug-likeness (QED) is 0.310. The minimum atomic E-state index is -1.14. The molecule has 138 valence electrons. The van der Waals surface area contributed by atoms with Crippen LogP contribution in [0.1, 0.15) is 24.8 Å². The fourth-order valence-corrected chi connectivity index (χ4v) is 2.87. The molecule has 1 aromatic carbocycles. The third-order valence-electron chi connectivity index (χ3n) is 4.27. The zero-order valence-corrected chi connectivity index (χ0v) is 14.3. The molecule has 2 atom stereocenters. The molecule has 0 spiro atoms. The second-order valence-corrected chi connectivity index (χ2v) is 6.12. The SMILES string of the molecule is C=CCC(NC(=O)C[C@@H]1CCN(c2ccc(C(=N)N)cc2)C1=O)C(=O)O. The fourth-order valence-electron chi connectivity index (χ4n) is 2.87. The highest BCUT2D eigenvalue weighted by Crippen LogP contribution is 2.27. The van der Waals surface area contributed by atoms with Crippen LogP contribution in [0.3, 0.4) is 0 Å². The van der Waals surface area contributed by atoms with Gasteiger partial charge in [0.25, 0.3) is 0 Å². The summed E-state index contributed by atoms with van der Waals surface area (Å²) < 4.78 is 0. The molecule has 1 fully saturated rings. The topological polar surface area (TPSA) is 137 Å². The minimum Gasteiger partial charge on any atom is -0.480 e. The predicted molar refractivity (Wildman–Crippen MR) is 96.9 cm³/mol. The summed E-state index contributed by atoms with van der Waals surface area (Å²) in [4.78, 5) is 37.3. The fraction of sp³-hybridized carbons (Fsp3) is 0.333. The van der Waals surface area contributed by atoms with Gasteiger partial charge in [0.15, 0.2) is 0 Å². The Morgan fingerprint density at radius 1 is 1.42 bits per heavy atom. The van der Waals surface area contributed by atoms with E-state index in [9.17, 15) is 14.4 Å². The van der Waals surface area contributed by atoms with E-state index in [-0.39, 0.29) is 24.6 Å². The molecule has 1 aliphatic rings.